The van der Waals surface area contributed by atoms with E-state index < -0.39 is 0 Å². The Morgan fingerprint density at radius 3 is 3.08 bits per heavy atom. The van der Waals surface area contributed by atoms with E-state index in [0.717, 1.165) is 12.1 Å². The monoisotopic (exact) mass is 199 g/mol. The van der Waals surface area contributed by atoms with Gasteiger partial charge in [-0.3, -0.25) is 4.79 Å². The molecule has 13 heavy (non-hydrogen) atoms. The smallest absolute Gasteiger partial charge is 0.226 e. The lowest BCUT2D eigenvalue weighted by Crippen LogP contribution is -2.13. The molecule has 0 radical (unpaired) electrons. The Hall–Kier alpha value is -0.940. The molecule has 3 N–H and O–H groups in total. The molecule has 0 atom stereocenters. The fourth-order valence-corrected chi connectivity index (χ4v) is 1.56. The summed E-state index contributed by atoms with van der Waals surface area (Å²) in [5.74, 6) is -0.0141. The molecule has 0 spiro atoms. The fourth-order valence-electron chi connectivity index (χ4n) is 0.856. The molecule has 0 saturated heterocycles. The molecule has 0 aromatic carbocycles. The Balaban J connectivity index is 2.36. The van der Waals surface area contributed by atoms with Gasteiger partial charge >= 0.3 is 0 Å². The number of rotatable bonds is 4. The number of thiazole rings is 1. The largest absolute Gasteiger partial charge is 0.330 e. The number of aromatic nitrogens is 1. The zero-order valence-corrected chi connectivity index (χ0v) is 8.36. The molecule has 4 nitrogen and oxygen atoms in total. The van der Waals surface area contributed by atoms with Crippen LogP contribution in [0, 0.1) is 6.92 Å². The van der Waals surface area contributed by atoms with Crippen LogP contribution in [0.3, 0.4) is 0 Å². The van der Waals surface area contributed by atoms with Gasteiger partial charge in [-0.15, -0.1) is 11.3 Å². The maximum atomic E-state index is 11.2. The van der Waals surface area contributed by atoms with E-state index in [4.69, 9.17) is 5.73 Å². The summed E-state index contributed by atoms with van der Waals surface area (Å²) in [6.45, 7) is 2.44. The first-order valence-electron chi connectivity index (χ1n) is 4.14. The maximum Gasteiger partial charge on any atom is 0.226 e. The molecule has 0 aliphatic carbocycles. The van der Waals surface area contributed by atoms with Gasteiger partial charge in [-0.05, 0) is 19.9 Å². The fraction of sp³-hybridized carbons (Fsp3) is 0.500. The number of hydrogen-bond donors (Lipinski definition) is 2. The van der Waals surface area contributed by atoms with Crippen molar-refractivity contribution in [3.05, 3.63) is 11.1 Å². The minimum absolute atomic E-state index is 0.0141. The van der Waals surface area contributed by atoms with Crippen LogP contribution in [0.4, 0.5) is 5.13 Å². The van der Waals surface area contributed by atoms with Crippen molar-refractivity contribution < 1.29 is 4.79 Å². The summed E-state index contributed by atoms with van der Waals surface area (Å²) in [5, 5.41) is 5.28. The Kier molecular flexibility index (Phi) is 3.85. The van der Waals surface area contributed by atoms with Crippen LogP contribution in [0.2, 0.25) is 0 Å². The number of carbonyl (C=O) groups is 1. The highest BCUT2D eigenvalue weighted by Crippen LogP contribution is 2.14. The van der Waals surface area contributed by atoms with E-state index in [0.29, 0.717) is 18.1 Å². The first-order valence-corrected chi connectivity index (χ1v) is 5.02. The summed E-state index contributed by atoms with van der Waals surface area (Å²) in [7, 11) is 0. The number of anilines is 1. The van der Waals surface area contributed by atoms with Crippen molar-refractivity contribution in [1.82, 2.24) is 4.98 Å². The van der Waals surface area contributed by atoms with Gasteiger partial charge in [-0.1, -0.05) is 0 Å². The second kappa shape index (κ2) is 4.94. The van der Waals surface area contributed by atoms with Gasteiger partial charge in [0.2, 0.25) is 5.91 Å². The lowest BCUT2D eigenvalue weighted by molar-refractivity contribution is -0.116. The number of aryl methyl sites for hydroxylation is 1. The minimum Gasteiger partial charge on any atom is -0.330 e. The van der Waals surface area contributed by atoms with Crippen LogP contribution < -0.4 is 11.1 Å². The van der Waals surface area contributed by atoms with Crippen molar-refractivity contribution in [3.8, 4) is 0 Å². The topological polar surface area (TPSA) is 68.0 Å². The minimum atomic E-state index is -0.0141. The van der Waals surface area contributed by atoms with Gasteiger partial charge in [-0.25, -0.2) is 4.98 Å². The summed E-state index contributed by atoms with van der Waals surface area (Å²) in [6.07, 6.45) is 1.19. The second-order valence-electron chi connectivity index (χ2n) is 2.73. The molecule has 1 aromatic rings. The van der Waals surface area contributed by atoms with Crippen LogP contribution in [0.25, 0.3) is 0 Å². The van der Waals surface area contributed by atoms with E-state index in [9.17, 15) is 4.79 Å². The summed E-state index contributed by atoms with van der Waals surface area (Å²) in [4.78, 5) is 15.3. The van der Waals surface area contributed by atoms with Crippen molar-refractivity contribution in [1.29, 1.82) is 0 Å². The van der Waals surface area contributed by atoms with Crippen LogP contribution in [0.5, 0.6) is 0 Å². The van der Waals surface area contributed by atoms with Crippen molar-refractivity contribution in [2.24, 2.45) is 5.73 Å². The van der Waals surface area contributed by atoms with Gasteiger partial charge in [0, 0.05) is 11.8 Å². The van der Waals surface area contributed by atoms with Crippen LogP contribution >= 0.6 is 11.3 Å². The van der Waals surface area contributed by atoms with Crippen LogP contribution in [-0.4, -0.2) is 17.4 Å². The molecular weight excluding hydrogens is 186 g/mol. The number of hydrogen-bond acceptors (Lipinski definition) is 4. The van der Waals surface area contributed by atoms with Gasteiger partial charge in [0.25, 0.3) is 0 Å². The van der Waals surface area contributed by atoms with E-state index in [1.54, 1.807) is 0 Å². The third-order valence-electron chi connectivity index (χ3n) is 1.47. The average Bonchev–Trinajstić information content (AvgIpc) is 2.48. The highest BCUT2D eigenvalue weighted by Gasteiger charge is 2.03. The molecular formula is C8H13N3OS. The molecule has 0 fully saturated rings. The first-order chi connectivity index (χ1) is 6.22. The molecule has 1 heterocycles. The summed E-state index contributed by atoms with van der Waals surface area (Å²) in [6, 6.07) is 0. The molecule has 0 aliphatic heterocycles. The zero-order valence-electron chi connectivity index (χ0n) is 7.54. The summed E-state index contributed by atoms with van der Waals surface area (Å²) < 4.78 is 0. The van der Waals surface area contributed by atoms with Gasteiger partial charge in [0.05, 0.1) is 5.69 Å². The third-order valence-corrected chi connectivity index (χ3v) is 2.35. The number of nitrogens with two attached hydrogens (primary N) is 1. The van der Waals surface area contributed by atoms with E-state index in [-0.39, 0.29) is 5.91 Å². The first kappa shape index (κ1) is 10.1. The van der Waals surface area contributed by atoms with Gasteiger partial charge < -0.3 is 11.1 Å². The van der Waals surface area contributed by atoms with E-state index in [1.165, 1.54) is 11.3 Å². The van der Waals surface area contributed by atoms with Crippen LogP contribution in [0.1, 0.15) is 18.5 Å². The molecule has 5 heteroatoms. The lowest BCUT2D eigenvalue weighted by Gasteiger charge is -1.98. The van der Waals surface area contributed by atoms with Crippen LogP contribution in [0.15, 0.2) is 5.38 Å². The highest BCUT2D eigenvalue weighted by molar-refractivity contribution is 7.13. The quantitative estimate of drug-likeness (QED) is 0.763. The number of amides is 1. The highest BCUT2D eigenvalue weighted by atomic mass is 32.1. The summed E-state index contributed by atoms with van der Waals surface area (Å²) in [5.41, 5.74) is 6.21. The number of nitrogens with zero attached hydrogens (tertiary/aromatic N) is 1. The number of carbonyl (C=O) groups excluding carboxylic acids is 1. The lowest BCUT2D eigenvalue weighted by atomic mass is 10.3. The Bertz CT molecular complexity index is 285. The van der Waals surface area contributed by atoms with E-state index in [2.05, 4.69) is 10.3 Å². The average molecular weight is 199 g/mol. The second-order valence-corrected chi connectivity index (χ2v) is 3.59. The van der Waals surface area contributed by atoms with Gasteiger partial charge in [0.1, 0.15) is 0 Å². The molecule has 0 unspecified atom stereocenters. The zero-order chi connectivity index (χ0) is 9.68. The molecule has 72 valence electrons. The molecule has 1 amide bonds. The van der Waals surface area contributed by atoms with Gasteiger partial charge in [-0.2, -0.15) is 0 Å². The SMILES string of the molecule is Cc1csc(NC(=O)CCCN)n1. The van der Waals surface area contributed by atoms with Crippen molar-refractivity contribution in [2.45, 2.75) is 19.8 Å². The van der Waals surface area contributed by atoms with Crippen LogP contribution in [-0.2, 0) is 4.79 Å². The normalized spacial score (nSPS) is 10.0. The Labute approximate surface area is 81.2 Å². The molecule has 1 rings (SSSR count). The maximum absolute atomic E-state index is 11.2. The number of nitrogens with one attached hydrogen (secondary N) is 1. The van der Waals surface area contributed by atoms with Gasteiger partial charge in [0.15, 0.2) is 5.13 Å². The molecule has 0 saturated carbocycles. The molecule has 0 bridgehead atoms. The predicted octanol–water partition coefficient (Wildman–Crippen LogP) is 1.13. The molecule has 0 aliphatic rings. The molecule has 1 aromatic heterocycles. The third kappa shape index (κ3) is 3.52. The summed E-state index contributed by atoms with van der Waals surface area (Å²) >= 11 is 1.44. The standard InChI is InChI=1S/C8H13N3OS/c1-6-5-13-8(10-6)11-7(12)3-2-4-9/h5H,2-4,9H2,1H3,(H,10,11,12). The Morgan fingerprint density at radius 1 is 1.77 bits per heavy atom. The van der Waals surface area contributed by atoms with Crippen molar-refractivity contribution >= 4 is 22.4 Å². The predicted molar refractivity (Wildman–Crippen MR) is 53.8 cm³/mol. The Morgan fingerprint density at radius 2 is 2.54 bits per heavy atom. The van der Waals surface area contributed by atoms with Crippen molar-refractivity contribution in [2.75, 3.05) is 11.9 Å². The van der Waals surface area contributed by atoms with E-state index >= 15 is 0 Å². The van der Waals surface area contributed by atoms with E-state index in [1.807, 2.05) is 12.3 Å². The van der Waals surface area contributed by atoms with Crippen molar-refractivity contribution in [3.63, 3.8) is 0 Å².